The molecule has 0 saturated heterocycles. The third-order valence-corrected chi connectivity index (χ3v) is 2.91. The SMILES string of the molecule is CC(Oc1ccc(C#N)cc1)C(=O)NNC(=O)c1ccncc1. The minimum atomic E-state index is -0.819. The van der Waals surface area contributed by atoms with Crippen molar-refractivity contribution in [3.05, 3.63) is 59.9 Å². The van der Waals surface area contributed by atoms with E-state index in [-0.39, 0.29) is 0 Å². The number of ether oxygens (including phenoxy) is 1. The van der Waals surface area contributed by atoms with E-state index in [2.05, 4.69) is 15.8 Å². The number of benzene rings is 1. The van der Waals surface area contributed by atoms with E-state index in [9.17, 15) is 9.59 Å². The fourth-order valence-electron chi connectivity index (χ4n) is 1.66. The molecule has 0 aliphatic carbocycles. The molecule has 2 aromatic rings. The molecule has 23 heavy (non-hydrogen) atoms. The number of rotatable bonds is 4. The normalized spacial score (nSPS) is 11.0. The maximum Gasteiger partial charge on any atom is 0.279 e. The van der Waals surface area contributed by atoms with Gasteiger partial charge < -0.3 is 4.74 Å². The van der Waals surface area contributed by atoms with Crippen molar-refractivity contribution in [3.63, 3.8) is 0 Å². The number of hydrogen-bond acceptors (Lipinski definition) is 5. The monoisotopic (exact) mass is 310 g/mol. The first kappa shape index (κ1) is 16.0. The summed E-state index contributed by atoms with van der Waals surface area (Å²) in [5.41, 5.74) is 5.46. The quantitative estimate of drug-likeness (QED) is 0.825. The number of nitrogens with one attached hydrogen (secondary N) is 2. The third-order valence-electron chi connectivity index (χ3n) is 2.91. The first-order chi connectivity index (χ1) is 11.1. The Labute approximate surface area is 132 Å². The lowest BCUT2D eigenvalue weighted by molar-refractivity contribution is -0.128. The molecule has 0 fully saturated rings. The number of nitriles is 1. The van der Waals surface area contributed by atoms with Gasteiger partial charge in [-0.25, -0.2) is 0 Å². The summed E-state index contributed by atoms with van der Waals surface area (Å²) in [6.45, 7) is 1.55. The predicted octanol–water partition coefficient (Wildman–Crippen LogP) is 1.18. The Morgan fingerprint density at radius 1 is 1.13 bits per heavy atom. The number of carbonyl (C=O) groups is 2. The second-order valence-electron chi connectivity index (χ2n) is 4.58. The third kappa shape index (κ3) is 4.54. The minimum Gasteiger partial charge on any atom is -0.481 e. The van der Waals surface area contributed by atoms with Crippen molar-refractivity contribution >= 4 is 11.8 Å². The molecule has 0 radical (unpaired) electrons. The lowest BCUT2D eigenvalue weighted by Gasteiger charge is -2.15. The number of pyridine rings is 1. The summed E-state index contributed by atoms with van der Waals surface area (Å²) < 4.78 is 5.43. The highest BCUT2D eigenvalue weighted by Crippen LogP contribution is 2.13. The molecule has 0 saturated carbocycles. The van der Waals surface area contributed by atoms with Crippen molar-refractivity contribution in [1.29, 1.82) is 5.26 Å². The molecule has 0 bridgehead atoms. The molecular formula is C16H14N4O3. The van der Waals surface area contributed by atoms with Gasteiger partial charge in [0.15, 0.2) is 6.10 Å². The standard InChI is InChI=1S/C16H14N4O3/c1-11(23-14-4-2-12(10-17)3-5-14)15(21)19-20-16(22)13-6-8-18-9-7-13/h2-9,11H,1H3,(H,19,21)(H,20,22). The molecule has 1 aromatic carbocycles. The smallest absolute Gasteiger partial charge is 0.279 e. The van der Waals surface area contributed by atoms with E-state index in [4.69, 9.17) is 10.00 Å². The molecule has 1 heterocycles. The van der Waals surface area contributed by atoms with Crippen LogP contribution in [0.3, 0.4) is 0 Å². The zero-order valence-corrected chi connectivity index (χ0v) is 12.3. The summed E-state index contributed by atoms with van der Waals surface area (Å²) in [7, 11) is 0. The average molecular weight is 310 g/mol. The Bertz CT molecular complexity index is 723. The van der Waals surface area contributed by atoms with E-state index in [1.54, 1.807) is 31.2 Å². The number of amides is 2. The maximum absolute atomic E-state index is 11.9. The van der Waals surface area contributed by atoms with Gasteiger partial charge in [0, 0.05) is 18.0 Å². The average Bonchev–Trinajstić information content (AvgIpc) is 2.60. The maximum atomic E-state index is 11.9. The second-order valence-corrected chi connectivity index (χ2v) is 4.58. The Hall–Kier alpha value is -3.40. The van der Waals surface area contributed by atoms with Gasteiger partial charge in [0.1, 0.15) is 5.75 Å². The van der Waals surface area contributed by atoms with Crippen LogP contribution in [0.4, 0.5) is 0 Å². The fourth-order valence-corrected chi connectivity index (χ4v) is 1.66. The molecule has 2 rings (SSSR count). The molecule has 7 nitrogen and oxygen atoms in total. The first-order valence-corrected chi connectivity index (χ1v) is 6.77. The van der Waals surface area contributed by atoms with Crippen LogP contribution >= 0.6 is 0 Å². The molecule has 2 N–H and O–H groups in total. The molecule has 1 unspecified atom stereocenters. The summed E-state index contributed by atoms with van der Waals surface area (Å²) in [6.07, 6.45) is 2.14. The Morgan fingerprint density at radius 3 is 2.39 bits per heavy atom. The Kier molecular flexibility index (Phi) is 5.25. The van der Waals surface area contributed by atoms with Crippen molar-refractivity contribution in [3.8, 4) is 11.8 Å². The molecule has 0 aliphatic rings. The van der Waals surface area contributed by atoms with Gasteiger partial charge in [-0.05, 0) is 43.3 Å². The van der Waals surface area contributed by atoms with Crippen molar-refractivity contribution in [1.82, 2.24) is 15.8 Å². The zero-order valence-electron chi connectivity index (χ0n) is 12.3. The van der Waals surface area contributed by atoms with Crippen LogP contribution in [0.5, 0.6) is 5.75 Å². The van der Waals surface area contributed by atoms with Crippen LogP contribution in [0, 0.1) is 11.3 Å². The van der Waals surface area contributed by atoms with Crippen molar-refractivity contribution < 1.29 is 14.3 Å². The van der Waals surface area contributed by atoms with Gasteiger partial charge >= 0.3 is 0 Å². The van der Waals surface area contributed by atoms with Gasteiger partial charge in [0.2, 0.25) is 0 Å². The highest BCUT2D eigenvalue weighted by molar-refractivity contribution is 5.95. The van der Waals surface area contributed by atoms with E-state index >= 15 is 0 Å². The zero-order chi connectivity index (χ0) is 16.7. The number of carbonyl (C=O) groups excluding carboxylic acids is 2. The van der Waals surface area contributed by atoms with E-state index in [1.807, 2.05) is 6.07 Å². The molecule has 0 aliphatic heterocycles. The summed E-state index contributed by atoms with van der Waals surface area (Å²) in [6, 6.07) is 11.4. The van der Waals surface area contributed by atoms with Gasteiger partial charge in [-0.3, -0.25) is 25.4 Å². The number of nitrogens with zero attached hydrogens (tertiary/aromatic N) is 2. The highest BCUT2D eigenvalue weighted by Gasteiger charge is 2.15. The predicted molar refractivity (Wildman–Crippen MR) is 81.1 cm³/mol. The highest BCUT2D eigenvalue weighted by atomic mass is 16.5. The van der Waals surface area contributed by atoms with E-state index in [0.717, 1.165) is 0 Å². The molecule has 7 heteroatoms. The number of hydrogen-bond donors (Lipinski definition) is 2. The van der Waals surface area contributed by atoms with Crippen LogP contribution < -0.4 is 15.6 Å². The molecule has 0 spiro atoms. The van der Waals surface area contributed by atoms with Crippen molar-refractivity contribution in [2.45, 2.75) is 13.0 Å². The first-order valence-electron chi connectivity index (χ1n) is 6.77. The van der Waals surface area contributed by atoms with Crippen LogP contribution in [0.15, 0.2) is 48.8 Å². The molecule has 2 amide bonds. The van der Waals surface area contributed by atoms with Gasteiger partial charge in [-0.2, -0.15) is 5.26 Å². The number of aromatic nitrogens is 1. The summed E-state index contributed by atoms with van der Waals surface area (Å²) in [5, 5.41) is 8.72. The van der Waals surface area contributed by atoms with Gasteiger partial charge in [0.05, 0.1) is 11.6 Å². The van der Waals surface area contributed by atoms with Crippen molar-refractivity contribution in [2.24, 2.45) is 0 Å². The molecule has 1 atom stereocenters. The van der Waals surface area contributed by atoms with Crippen LogP contribution in [-0.2, 0) is 4.79 Å². The lowest BCUT2D eigenvalue weighted by Crippen LogP contribution is -2.47. The Morgan fingerprint density at radius 2 is 1.78 bits per heavy atom. The molecule has 1 aromatic heterocycles. The van der Waals surface area contributed by atoms with E-state index < -0.39 is 17.9 Å². The summed E-state index contributed by atoms with van der Waals surface area (Å²) >= 11 is 0. The second kappa shape index (κ2) is 7.56. The molecular weight excluding hydrogens is 296 g/mol. The number of hydrazine groups is 1. The fraction of sp³-hybridized carbons (Fsp3) is 0.125. The molecule has 116 valence electrons. The van der Waals surface area contributed by atoms with Crippen LogP contribution in [0.1, 0.15) is 22.8 Å². The lowest BCUT2D eigenvalue weighted by atomic mass is 10.2. The van der Waals surface area contributed by atoms with Crippen LogP contribution in [0.25, 0.3) is 0 Å². The Balaban J connectivity index is 1.85. The van der Waals surface area contributed by atoms with E-state index in [1.165, 1.54) is 24.5 Å². The summed E-state index contributed by atoms with van der Waals surface area (Å²) in [5.74, 6) is -0.504. The van der Waals surface area contributed by atoms with Gasteiger partial charge in [-0.15, -0.1) is 0 Å². The minimum absolute atomic E-state index is 0.376. The van der Waals surface area contributed by atoms with Crippen molar-refractivity contribution in [2.75, 3.05) is 0 Å². The topological polar surface area (TPSA) is 104 Å². The van der Waals surface area contributed by atoms with E-state index in [0.29, 0.717) is 16.9 Å². The summed E-state index contributed by atoms with van der Waals surface area (Å²) in [4.78, 5) is 27.5. The van der Waals surface area contributed by atoms with Crippen LogP contribution in [0.2, 0.25) is 0 Å². The van der Waals surface area contributed by atoms with Crippen LogP contribution in [-0.4, -0.2) is 22.9 Å². The van der Waals surface area contributed by atoms with Gasteiger partial charge in [-0.1, -0.05) is 0 Å². The van der Waals surface area contributed by atoms with Gasteiger partial charge in [0.25, 0.3) is 11.8 Å². The largest absolute Gasteiger partial charge is 0.481 e.